The number of carbonyl (C=O) groups excluding carboxylic acids is 1. The van der Waals surface area contributed by atoms with Gasteiger partial charge in [0.15, 0.2) is 0 Å². The van der Waals surface area contributed by atoms with E-state index in [0.717, 1.165) is 6.42 Å². The van der Waals surface area contributed by atoms with E-state index in [0.29, 0.717) is 13.0 Å². The highest BCUT2D eigenvalue weighted by molar-refractivity contribution is 9.10. The van der Waals surface area contributed by atoms with Crippen molar-refractivity contribution in [3.05, 3.63) is 33.8 Å². The molecule has 1 aliphatic heterocycles. The number of hydrogen-bond acceptors (Lipinski definition) is 3. The van der Waals surface area contributed by atoms with Crippen LogP contribution < -0.4 is 0 Å². The van der Waals surface area contributed by atoms with Crippen LogP contribution in [-0.2, 0) is 16.1 Å². The molecule has 0 saturated carbocycles. The molecule has 1 heterocycles. The third kappa shape index (κ3) is 2.95. The Morgan fingerprint density at radius 2 is 2.26 bits per heavy atom. The molecule has 0 spiro atoms. The normalized spacial score (nSPS) is 19.7. The molecule has 0 aliphatic carbocycles. The van der Waals surface area contributed by atoms with Crippen LogP contribution in [0.15, 0.2) is 16.6 Å². The van der Waals surface area contributed by atoms with Gasteiger partial charge in [0.2, 0.25) is 0 Å². The second kappa shape index (κ2) is 5.96. The maximum Gasteiger partial charge on any atom is 0.323 e. The number of nitrogens with zero attached hydrogens (tertiary/aromatic N) is 1. The summed E-state index contributed by atoms with van der Waals surface area (Å²) in [6, 6.07) is 2.13. The van der Waals surface area contributed by atoms with Crippen LogP contribution in [0.3, 0.4) is 0 Å². The fraction of sp³-hybridized carbons (Fsp3) is 0.462. The van der Waals surface area contributed by atoms with Gasteiger partial charge in [-0.15, -0.1) is 0 Å². The number of likely N-dealkylation sites (tertiary alicyclic amines) is 1. The highest BCUT2D eigenvalue weighted by Gasteiger charge is 2.32. The summed E-state index contributed by atoms with van der Waals surface area (Å²) in [7, 11) is 1.32. The highest BCUT2D eigenvalue weighted by atomic mass is 79.9. The molecule has 104 valence electrons. The molecule has 6 heteroatoms. The maximum absolute atomic E-state index is 13.9. The van der Waals surface area contributed by atoms with E-state index in [9.17, 15) is 13.6 Å². The van der Waals surface area contributed by atoms with Gasteiger partial charge in [0, 0.05) is 12.1 Å². The number of methoxy groups -OCH3 is 1. The highest BCUT2D eigenvalue weighted by Crippen LogP contribution is 2.26. The van der Waals surface area contributed by atoms with Crippen LogP contribution in [0.4, 0.5) is 8.78 Å². The Hall–Kier alpha value is -1.01. The zero-order valence-electron chi connectivity index (χ0n) is 10.5. The lowest BCUT2D eigenvalue weighted by Crippen LogP contribution is -2.36. The molecule has 1 saturated heterocycles. The molecule has 1 aliphatic rings. The van der Waals surface area contributed by atoms with Gasteiger partial charge in [0.1, 0.15) is 17.7 Å². The van der Waals surface area contributed by atoms with Gasteiger partial charge in [-0.05, 0) is 47.4 Å². The summed E-state index contributed by atoms with van der Waals surface area (Å²) in [6.07, 6.45) is 1.47. The van der Waals surface area contributed by atoms with Crippen molar-refractivity contribution in [1.82, 2.24) is 4.90 Å². The van der Waals surface area contributed by atoms with Gasteiger partial charge in [-0.1, -0.05) is 0 Å². The Balaban J connectivity index is 2.21. The van der Waals surface area contributed by atoms with Gasteiger partial charge >= 0.3 is 5.97 Å². The summed E-state index contributed by atoms with van der Waals surface area (Å²) in [6.45, 7) is 0.696. The van der Waals surface area contributed by atoms with Crippen molar-refractivity contribution in [3.8, 4) is 0 Å². The Labute approximate surface area is 118 Å². The second-order valence-corrected chi connectivity index (χ2v) is 5.33. The number of halogens is 3. The zero-order chi connectivity index (χ0) is 14.0. The first-order valence-corrected chi connectivity index (χ1v) is 6.78. The number of benzene rings is 1. The summed E-state index contributed by atoms with van der Waals surface area (Å²) < 4.78 is 32.5. The van der Waals surface area contributed by atoms with E-state index >= 15 is 0 Å². The molecule has 0 amide bonds. The van der Waals surface area contributed by atoms with Gasteiger partial charge in [-0.2, -0.15) is 0 Å². The Bertz CT molecular complexity index is 496. The molecule has 3 nitrogen and oxygen atoms in total. The van der Waals surface area contributed by atoms with Crippen molar-refractivity contribution in [1.29, 1.82) is 0 Å². The third-order valence-electron chi connectivity index (χ3n) is 3.34. The average Bonchev–Trinajstić information content (AvgIpc) is 2.86. The predicted molar refractivity (Wildman–Crippen MR) is 69.5 cm³/mol. The Morgan fingerprint density at radius 3 is 2.95 bits per heavy atom. The monoisotopic (exact) mass is 333 g/mol. The number of esters is 1. The SMILES string of the molecule is COC(=O)C1CCCN1Cc1c(F)ccc(Br)c1F. The van der Waals surface area contributed by atoms with Crippen molar-refractivity contribution in [2.45, 2.75) is 25.4 Å². The fourth-order valence-electron chi connectivity index (χ4n) is 2.34. The van der Waals surface area contributed by atoms with Crippen LogP contribution in [0.25, 0.3) is 0 Å². The molecule has 1 aromatic carbocycles. The van der Waals surface area contributed by atoms with E-state index in [4.69, 9.17) is 4.74 Å². The lowest BCUT2D eigenvalue weighted by Gasteiger charge is -2.22. The Morgan fingerprint density at radius 1 is 1.53 bits per heavy atom. The summed E-state index contributed by atoms with van der Waals surface area (Å²) >= 11 is 3.04. The molecule has 1 atom stereocenters. The lowest BCUT2D eigenvalue weighted by molar-refractivity contribution is -0.146. The summed E-state index contributed by atoms with van der Waals surface area (Å²) in [5.41, 5.74) is -0.0230. The minimum atomic E-state index is -0.615. The van der Waals surface area contributed by atoms with E-state index in [-0.39, 0.29) is 22.6 Å². The van der Waals surface area contributed by atoms with Gasteiger partial charge in [0.05, 0.1) is 11.6 Å². The summed E-state index contributed by atoms with van der Waals surface area (Å²) in [5.74, 6) is -1.57. The Kier molecular flexibility index (Phi) is 4.52. The van der Waals surface area contributed by atoms with Crippen LogP contribution in [0.2, 0.25) is 0 Å². The zero-order valence-corrected chi connectivity index (χ0v) is 12.0. The van der Waals surface area contributed by atoms with Crippen molar-refractivity contribution in [2.75, 3.05) is 13.7 Å². The van der Waals surface area contributed by atoms with E-state index < -0.39 is 17.7 Å². The van der Waals surface area contributed by atoms with E-state index in [1.54, 1.807) is 4.90 Å². The van der Waals surface area contributed by atoms with Crippen LogP contribution in [-0.4, -0.2) is 30.6 Å². The fourth-order valence-corrected chi connectivity index (χ4v) is 2.71. The van der Waals surface area contributed by atoms with Crippen molar-refractivity contribution in [2.24, 2.45) is 0 Å². The largest absolute Gasteiger partial charge is 0.468 e. The van der Waals surface area contributed by atoms with Gasteiger partial charge < -0.3 is 4.74 Å². The van der Waals surface area contributed by atoms with Crippen molar-refractivity contribution < 1.29 is 18.3 Å². The van der Waals surface area contributed by atoms with Gasteiger partial charge in [0.25, 0.3) is 0 Å². The molecular weight excluding hydrogens is 320 g/mol. The molecule has 19 heavy (non-hydrogen) atoms. The third-order valence-corrected chi connectivity index (χ3v) is 3.95. The number of carbonyl (C=O) groups is 1. The topological polar surface area (TPSA) is 29.5 Å². The molecule has 0 aromatic heterocycles. The molecule has 1 aromatic rings. The molecule has 0 radical (unpaired) electrons. The molecule has 1 fully saturated rings. The molecule has 2 rings (SSSR count). The summed E-state index contributed by atoms with van der Waals surface area (Å²) in [4.78, 5) is 13.3. The van der Waals surface area contributed by atoms with Crippen LogP contribution >= 0.6 is 15.9 Å². The standard InChI is InChI=1S/C13H14BrF2NO2/c1-19-13(18)11-3-2-6-17(11)7-8-10(15)5-4-9(14)12(8)16/h4-5,11H,2-3,6-7H2,1H3. The van der Waals surface area contributed by atoms with Gasteiger partial charge in [-0.3, -0.25) is 9.69 Å². The number of rotatable bonds is 3. The van der Waals surface area contributed by atoms with Gasteiger partial charge in [-0.25, -0.2) is 8.78 Å². The van der Waals surface area contributed by atoms with Crippen LogP contribution in [0.5, 0.6) is 0 Å². The first-order chi connectivity index (χ1) is 9.04. The number of hydrogen-bond donors (Lipinski definition) is 0. The minimum Gasteiger partial charge on any atom is -0.468 e. The van der Waals surface area contributed by atoms with E-state index in [1.165, 1.54) is 19.2 Å². The van der Waals surface area contributed by atoms with Crippen molar-refractivity contribution >= 4 is 21.9 Å². The molecule has 0 N–H and O–H groups in total. The molecule has 1 unspecified atom stereocenters. The van der Waals surface area contributed by atoms with Crippen LogP contribution in [0, 0.1) is 11.6 Å². The minimum absolute atomic E-state index is 0.0230. The second-order valence-electron chi connectivity index (χ2n) is 4.47. The van der Waals surface area contributed by atoms with E-state index in [2.05, 4.69) is 15.9 Å². The number of ether oxygens (including phenoxy) is 1. The van der Waals surface area contributed by atoms with E-state index in [1.807, 2.05) is 0 Å². The lowest BCUT2D eigenvalue weighted by atomic mass is 10.1. The first kappa shape index (κ1) is 14.4. The molecular formula is C13H14BrF2NO2. The first-order valence-electron chi connectivity index (χ1n) is 5.99. The quantitative estimate of drug-likeness (QED) is 0.629. The smallest absolute Gasteiger partial charge is 0.323 e. The van der Waals surface area contributed by atoms with Crippen LogP contribution in [0.1, 0.15) is 18.4 Å². The average molecular weight is 334 g/mol. The predicted octanol–water partition coefficient (Wildman–Crippen LogP) is 2.86. The molecule has 0 bridgehead atoms. The maximum atomic E-state index is 13.9. The van der Waals surface area contributed by atoms with Crippen molar-refractivity contribution in [3.63, 3.8) is 0 Å². The summed E-state index contributed by atoms with van der Waals surface area (Å²) in [5, 5.41) is 0.